The van der Waals surface area contributed by atoms with E-state index in [2.05, 4.69) is 11.0 Å². The molecule has 0 radical (unpaired) electrons. The van der Waals surface area contributed by atoms with Crippen molar-refractivity contribution in [2.45, 2.75) is 25.8 Å². The molecule has 1 rings (SSSR count). The molecule has 0 aromatic rings. The fourth-order valence-corrected chi connectivity index (χ4v) is 1.58. The Labute approximate surface area is 73.0 Å². The molecule has 0 bridgehead atoms. The van der Waals surface area contributed by atoms with Gasteiger partial charge in [0, 0.05) is 12.5 Å². The SMILES string of the molecule is CC(C#N)N1CCCC(C=O)C1. The van der Waals surface area contributed by atoms with E-state index in [4.69, 9.17) is 5.26 Å². The highest BCUT2D eigenvalue weighted by Gasteiger charge is 2.22. The van der Waals surface area contributed by atoms with Crippen LogP contribution in [-0.2, 0) is 4.79 Å². The predicted octanol–water partition coefficient (Wildman–Crippen LogP) is 0.809. The topological polar surface area (TPSA) is 44.1 Å². The molecule has 1 saturated heterocycles. The van der Waals surface area contributed by atoms with Crippen LogP contribution >= 0.6 is 0 Å². The number of likely N-dealkylation sites (tertiary alicyclic amines) is 1. The lowest BCUT2D eigenvalue weighted by atomic mass is 9.99. The second-order valence-corrected chi connectivity index (χ2v) is 3.34. The van der Waals surface area contributed by atoms with Gasteiger partial charge in [-0.15, -0.1) is 0 Å². The minimum Gasteiger partial charge on any atom is -0.303 e. The maximum atomic E-state index is 10.5. The van der Waals surface area contributed by atoms with Gasteiger partial charge in [-0.25, -0.2) is 0 Å². The minimum atomic E-state index is -0.0484. The monoisotopic (exact) mass is 166 g/mol. The van der Waals surface area contributed by atoms with Gasteiger partial charge in [0.1, 0.15) is 6.29 Å². The molecule has 0 saturated carbocycles. The average Bonchev–Trinajstić information content (AvgIpc) is 2.17. The van der Waals surface area contributed by atoms with Crippen molar-refractivity contribution < 1.29 is 4.79 Å². The molecular weight excluding hydrogens is 152 g/mol. The van der Waals surface area contributed by atoms with E-state index in [-0.39, 0.29) is 12.0 Å². The molecule has 0 aliphatic carbocycles. The molecular formula is C9H14N2O. The van der Waals surface area contributed by atoms with Gasteiger partial charge in [0.25, 0.3) is 0 Å². The zero-order valence-electron chi connectivity index (χ0n) is 7.36. The lowest BCUT2D eigenvalue weighted by molar-refractivity contribution is -0.112. The van der Waals surface area contributed by atoms with Crippen molar-refractivity contribution in [3.05, 3.63) is 0 Å². The molecule has 0 spiro atoms. The van der Waals surface area contributed by atoms with Crippen LogP contribution in [0.1, 0.15) is 19.8 Å². The van der Waals surface area contributed by atoms with E-state index in [1.165, 1.54) is 0 Å². The van der Waals surface area contributed by atoms with Crippen LogP contribution in [0.25, 0.3) is 0 Å². The fourth-order valence-electron chi connectivity index (χ4n) is 1.58. The third kappa shape index (κ3) is 2.05. The Morgan fingerprint density at radius 2 is 2.50 bits per heavy atom. The number of aldehydes is 1. The Hall–Kier alpha value is -0.880. The molecule has 0 N–H and O–H groups in total. The van der Waals surface area contributed by atoms with E-state index < -0.39 is 0 Å². The Morgan fingerprint density at radius 3 is 3.08 bits per heavy atom. The third-order valence-electron chi connectivity index (χ3n) is 2.42. The number of rotatable bonds is 2. The maximum absolute atomic E-state index is 10.5. The quantitative estimate of drug-likeness (QED) is 0.570. The number of carbonyl (C=O) groups excluding carboxylic acids is 1. The van der Waals surface area contributed by atoms with Crippen molar-refractivity contribution in [2.24, 2.45) is 5.92 Å². The van der Waals surface area contributed by atoms with E-state index in [9.17, 15) is 4.79 Å². The Morgan fingerprint density at radius 1 is 1.75 bits per heavy atom. The lowest BCUT2D eigenvalue weighted by Gasteiger charge is -2.31. The predicted molar refractivity (Wildman–Crippen MR) is 45.4 cm³/mol. The number of carbonyl (C=O) groups is 1. The molecule has 0 amide bonds. The molecule has 1 heterocycles. The standard InChI is InChI=1S/C9H14N2O/c1-8(5-10)11-4-2-3-9(6-11)7-12/h7-9H,2-4,6H2,1H3. The van der Waals surface area contributed by atoms with Crippen molar-refractivity contribution in [1.29, 1.82) is 5.26 Å². The zero-order valence-corrected chi connectivity index (χ0v) is 7.36. The van der Waals surface area contributed by atoms with Crippen molar-refractivity contribution in [1.82, 2.24) is 4.90 Å². The first-order valence-electron chi connectivity index (χ1n) is 4.37. The van der Waals surface area contributed by atoms with Gasteiger partial charge < -0.3 is 4.79 Å². The number of nitriles is 1. The largest absolute Gasteiger partial charge is 0.303 e. The molecule has 1 fully saturated rings. The average molecular weight is 166 g/mol. The van der Waals surface area contributed by atoms with Gasteiger partial charge in [-0.2, -0.15) is 5.26 Å². The van der Waals surface area contributed by atoms with E-state index >= 15 is 0 Å². The Kier molecular flexibility index (Phi) is 3.24. The number of piperidine rings is 1. The smallest absolute Gasteiger partial charge is 0.124 e. The third-order valence-corrected chi connectivity index (χ3v) is 2.42. The summed E-state index contributed by atoms with van der Waals surface area (Å²) in [6, 6.07) is 2.14. The van der Waals surface area contributed by atoms with Crippen LogP contribution in [0.5, 0.6) is 0 Å². The van der Waals surface area contributed by atoms with Crippen molar-refractivity contribution in [3.63, 3.8) is 0 Å². The molecule has 1 aliphatic rings. The van der Waals surface area contributed by atoms with Crippen LogP contribution < -0.4 is 0 Å². The van der Waals surface area contributed by atoms with Crippen LogP contribution in [0.3, 0.4) is 0 Å². The van der Waals surface area contributed by atoms with Gasteiger partial charge in [0.15, 0.2) is 0 Å². The summed E-state index contributed by atoms with van der Waals surface area (Å²) >= 11 is 0. The van der Waals surface area contributed by atoms with Crippen LogP contribution in [0, 0.1) is 17.2 Å². The van der Waals surface area contributed by atoms with Gasteiger partial charge in [0.05, 0.1) is 12.1 Å². The van der Waals surface area contributed by atoms with Crippen LogP contribution in [-0.4, -0.2) is 30.3 Å². The van der Waals surface area contributed by atoms with Gasteiger partial charge in [0.2, 0.25) is 0 Å². The van der Waals surface area contributed by atoms with E-state index in [1.54, 1.807) is 0 Å². The Bertz CT molecular complexity index is 197. The fraction of sp³-hybridized carbons (Fsp3) is 0.778. The van der Waals surface area contributed by atoms with E-state index in [0.29, 0.717) is 0 Å². The summed E-state index contributed by atoms with van der Waals surface area (Å²) in [7, 11) is 0. The molecule has 1 aliphatic heterocycles. The van der Waals surface area contributed by atoms with E-state index in [0.717, 1.165) is 32.2 Å². The second-order valence-electron chi connectivity index (χ2n) is 3.34. The van der Waals surface area contributed by atoms with Crippen LogP contribution in [0.15, 0.2) is 0 Å². The second kappa shape index (κ2) is 4.22. The summed E-state index contributed by atoms with van der Waals surface area (Å²) in [6.07, 6.45) is 3.03. The van der Waals surface area contributed by atoms with Gasteiger partial charge in [-0.1, -0.05) is 0 Å². The number of nitrogens with zero attached hydrogens (tertiary/aromatic N) is 2. The summed E-state index contributed by atoms with van der Waals surface area (Å²) in [5.74, 6) is 0.148. The molecule has 0 aromatic heterocycles. The Balaban J connectivity index is 2.46. The van der Waals surface area contributed by atoms with Gasteiger partial charge in [-0.05, 0) is 26.3 Å². The van der Waals surface area contributed by atoms with Crippen LogP contribution in [0.2, 0.25) is 0 Å². The van der Waals surface area contributed by atoms with Crippen molar-refractivity contribution in [2.75, 3.05) is 13.1 Å². The maximum Gasteiger partial charge on any atom is 0.124 e. The first kappa shape index (κ1) is 9.21. The highest BCUT2D eigenvalue weighted by molar-refractivity contribution is 5.54. The molecule has 0 aromatic carbocycles. The molecule has 12 heavy (non-hydrogen) atoms. The summed E-state index contributed by atoms with van der Waals surface area (Å²) in [4.78, 5) is 12.6. The zero-order chi connectivity index (χ0) is 8.97. The summed E-state index contributed by atoms with van der Waals surface area (Å²) in [5, 5.41) is 8.67. The van der Waals surface area contributed by atoms with E-state index in [1.807, 2.05) is 6.92 Å². The molecule has 3 nitrogen and oxygen atoms in total. The number of hydrogen-bond acceptors (Lipinski definition) is 3. The molecule has 3 heteroatoms. The summed E-state index contributed by atoms with van der Waals surface area (Å²) in [6.45, 7) is 3.60. The number of hydrogen-bond donors (Lipinski definition) is 0. The first-order chi connectivity index (χ1) is 5.77. The minimum absolute atomic E-state index is 0.0484. The highest BCUT2D eigenvalue weighted by atomic mass is 16.1. The van der Waals surface area contributed by atoms with Gasteiger partial charge >= 0.3 is 0 Å². The summed E-state index contributed by atoms with van der Waals surface area (Å²) in [5.41, 5.74) is 0. The van der Waals surface area contributed by atoms with Crippen LogP contribution in [0.4, 0.5) is 0 Å². The first-order valence-corrected chi connectivity index (χ1v) is 4.37. The highest BCUT2D eigenvalue weighted by Crippen LogP contribution is 2.16. The van der Waals surface area contributed by atoms with Crippen molar-refractivity contribution in [3.8, 4) is 6.07 Å². The molecule has 2 atom stereocenters. The van der Waals surface area contributed by atoms with Gasteiger partial charge in [-0.3, -0.25) is 4.90 Å². The molecule has 66 valence electrons. The summed E-state index contributed by atoms with van der Waals surface area (Å²) < 4.78 is 0. The lowest BCUT2D eigenvalue weighted by Crippen LogP contribution is -2.41. The normalized spacial score (nSPS) is 27.5. The van der Waals surface area contributed by atoms with Crippen molar-refractivity contribution >= 4 is 6.29 Å². The molecule has 2 unspecified atom stereocenters.